The van der Waals surface area contributed by atoms with Crippen LogP contribution < -0.4 is 15.2 Å². The number of nitrogen functional groups attached to an aromatic ring is 1. The fourth-order valence-corrected chi connectivity index (χ4v) is 1.76. The Kier molecular flexibility index (Phi) is 3.89. The standard InChI is InChI=1S/C13H18N4O2/c1-9(2)17-13(15-8-16-17)7-19-10-4-5-12(18-3)11(14)6-10/h4-6,8-9H,7,14H2,1-3H3. The highest BCUT2D eigenvalue weighted by Gasteiger charge is 2.08. The molecule has 1 aromatic carbocycles. The summed E-state index contributed by atoms with van der Waals surface area (Å²) >= 11 is 0. The molecule has 1 aromatic heterocycles. The van der Waals surface area contributed by atoms with Crippen LogP contribution in [0.3, 0.4) is 0 Å². The lowest BCUT2D eigenvalue weighted by Crippen LogP contribution is -2.10. The van der Waals surface area contributed by atoms with Crippen molar-refractivity contribution in [3.63, 3.8) is 0 Å². The summed E-state index contributed by atoms with van der Waals surface area (Å²) < 4.78 is 12.6. The SMILES string of the molecule is COc1ccc(OCc2ncnn2C(C)C)cc1N. The lowest BCUT2D eigenvalue weighted by Gasteiger charge is -2.11. The fraction of sp³-hybridized carbons (Fsp3) is 0.385. The highest BCUT2D eigenvalue weighted by molar-refractivity contribution is 5.56. The minimum atomic E-state index is 0.252. The van der Waals surface area contributed by atoms with Gasteiger partial charge in [-0.2, -0.15) is 5.10 Å². The largest absolute Gasteiger partial charge is 0.495 e. The first-order chi connectivity index (χ1) is 9.11. The third-order valence-corrected chi connectivity index (χ3v) is 2.71. The van der Waals surface area contributed by atoms with Gasteiger partial charge >= 0.3 is 0 Å². The van der Waals surface area contributed by atoms with Crippen molar-refractivity contribution in [2.75, 3.05) is 12.8 Å². The van der Waals surface area contributed by atoms with Gasteiger partial charge in [0, 0.05) is 12.1 Å². The highest BCUT2D eigenvalue weighted by atomic mass is 16.5. The van der Waals surface area contributed by atoms with E-state index in [1.54, 1.807) is 19.2 Å². The second kappa shape index (κ2) is 5.60. The van der Waals surface area contributed by atoms with Gasteiger partial charge in [0.15, 0.2) is 5.82 Å². The number of anilines is 1. The predicted molar refractivity (Wildman–Crippen MR) is 72.1 cm³/mol. The van der Waals surface area contributed by atoms with Gasteiger partial charge in [0.25, 0.3) is 0 Å². The van der Waals surface area contributed by atoms with Gasteiger partial charge in [-0.15, -0.1) is 0 Å². The number of benzene rings is 1. The molecule has 0 bridgehead atoms. The Morgan fingerprint density at radius 2 is 2.16 bits per heavy atom. The molecule has 0 saturated heterocycles. The van der Waals surface area contributed by atoms with Crippen LogP contribution in [0.4, 0.5) is 5.69 Å². The van der Waals surface area contributed by atoms with Crippen LogP contribution in [0.1, 0.15) is 25.7 Å². The van der Waals surface area contributed by atoms with Gasteiger partial charge < -0.3 is 15.2 Å². The van der Waals surface area contributed by atoms with Crippen molar-refractivity contribution in [3.8, 4) is 11.5 Å². The van der Waals surface area contributed by atoms with E-state index in [1.165, 1.54) is 6.33 Å². The van der Waals surface area contributed by atoms with Crippen molar-refractivity contribution >= 4 is 5.69 Å². The predicted octanol–water partition coefficient (Wildman–Crippen LogP) is 2.03. The number of aromatic nitrogens is 3. The lowest BCUT2D eigenvalue weighted by molar-refractivity contribution is 0.282. The molecule has 0 spiro atoms. The lowest BCUT2D eigenvalue weighted by atomic mass is 10.3. The molecule has 6 heteroatoms. The summed E-state index contributed by atoms with van der Waals surface area (Å²) in [6.07, 6.45) is 1.53. The van der Waals surface area contributed by atoms with E-state index in [-0.39, 0.29) is 6.04 Å². The first kappa shape index (κ1) is 13.2. The van der Waals surface area contributed by atoms with Gasteiger partial charge in [0.1, 0.15) is 24.4 Å². The minimum Gasteiger partial charge on any atom is -0.495 e. The molecular weight excluding hydrogens is 244 g/mol. The average Bonchev–Trinajstić information content (AvgIpc) is 2.85. The smallest absolute Gasteiger partial charge is 0.165 e. The van der Waals surface area contributed by atoms with Gasteiger partial charge in [-0.05, 0) is 26.0 Å². The maximum absolute atomic E-state index is 5.82. The van der Waals surface area contributed by atoms with Crippen molar-refractivity contribution < 1.29 is 9.47 Å². The van der Waals surface area contributed by atoms with Crippen LogP contribution >= 0.6 is 0 Å². The van der Waals surface area contributed by atoms with Gasteiger partial charge in [-0.3, -0.25) is 0 Å². The quantitative estimate of drug-likeness (QED) is 0.834. The number of hydrogen-bond donors (Lipinski definition) is 1. The van der Waals surface area contributed by atoms with Crippen LogP contribution in [-0.2, 0) is 6.61 Å². The summed E-state index contributed by atoms with van der Waals surface area (Å²) in [5, 5.41) is 4.15. The Morgan fingerprint density at radius 1 is 1.37 bits per heavy atom. The van der Waals surface area contributed by atoms with Crippen molar-refractivity contribution in [1.29, 1.82) is 0 Å². The van der Waals surface area contributed by atoms with Crippen molar-refractivity contribution in [3.05, 3.63) is 30.4 Å². The molecule has 2 N–H and O–H groups in total. The van der Waals surface area contributed by atoms with Crippen LogP contribution in [0.5, 0.6) is 11.5 Å². The first-order valence-electron chi connectivity index (χ1n) is 6.06. The van der Waals surface area contributed by atoms with Gasteiger partial charge in [0.05, 0.1) is 12.8 Å². The Balaban J connectivity index is 2.06. The molecule has 19 heavy (non-hydrogen) atoms. The van der Waals surface area contributed by atoms with E-state index in [0.717, 1.165) is 5.82 Å². The number of nitrogens with two attached hydrogens (primary N) is 1. The fourth-order valence-electron chi connectivity index (χ4n) is 1.76. The molecule has 1 heterocycles. The number of hydrogen-bond acceptors (Lipinski definition) is 5. The van der Waals surface area contributed by atoms with Crippen molar-refractivity contribution in [2.24, 2.45) is 0 Å². The second-order valence-corrected chi connectivity index (χ2v) is 4.41. The van der Waals surface area contributed by atoms with Gasteiger partial charge in [0.2, 0.25) is 0 Å². The zero-order valence-electron chi connectivity index (χ0n) is 11.3. The molecule has 0 fully saturated rings. The molecule has 0 saturated carbocycles. The van der Waals surface area contributed by atoms with Crippen LogP contribution in [0.15, 0.2) is 24.5 Å². The van der Waals surface area contributed by atoms with Crippen LogP contribution in [0.2, 0.25) is 0 Å². The normalized spacial score (nSPS) is 10.7. The second-order valence-electron chi connectivity index (χ2n) is 4.41. The molecule has 0 atom stereocenters. The van der Waals surface area contributed by atoms with E-state index in [2.05, 4.69) is 10.1 Å². The molecule has 6 nitrogen and oxygen atoms in total. The van der Waals surface area contributed by atoms with Crippen LogP contribution in [0.25, 0.3) is 0 Å². The Labute approximate surface area is 112 Å². The maximum atomic E-state index is 5.82. The van der Waals surface area contributed by atoms with E-state index < -0.39 is 0 Å². The summed E-state index contributed by atoms with van der Waals surface area (Å²) in [6.45, 7) is 4.44. The number of ether oxygens (including phenoxy) is 2. The molecule has 2 aromatic rings. The van der Waals surface area contributed by atoms with Gasteiger partial charge in [-0.1, -0.05) is 0 Å². The van der Waals surface area contributed by atoms with E-state index in [1.807, 2.05) is 24.6 Å². The maximum Gasteiger partial charge on any atom is 0.165 e. The van der Waals surface area contributed by atoms with E-state index in [9.17, 15) is 0 Å². The molecule has 0 radical (unpaired) electrons. The molecule has 0 aliphatic carbocycles. The Bertz CT molecular complexity index is 551. The zero-order valence-corrected chi connectivity index (χ0v) is 11.3. The third-order valence-electron chi connectivity index (χ3n) is 2.71. The molecule has 102 valence electrons. The number of nitrogens with zero attached hydrogens (tertiary/aromatic N) is 3. The highest BCUT2D eigenvalue weighted by Crippen LogP contribution is 2.26. The van der Waals surface area contributed by atoms with Crippen LogP contribution in [0, 0.1) is 0 Å². The first-order valence-corrected chi connectivity index (χ1v) is 6.06. The summed E-state index contributed by atoms with van der Waals surface area (Å²) in [7, 11) is 1.58. The number of methoxy groups -OCH3 is 1. The van der Waals surface area contributed by atoms with Crippen molar-refractivity contribution in [1.82, 2.24) is 14.8 Å². The average molecular weight is 262 g/mol. The third kappa shape index (κ3) is 2.96. The van der Waals surface area contributed by atoms with E-state index >= 15 is 0 Å². The van der Waals surface area contributed by atoms with E-state index in [4.69, 9.17) is 15.2 Å². The number of rotatable bonds is 5. The summed E-state index contributed by atoms with van der Waals surface area (Å²) in [6, 6.07) is 5.57. The zero-order chi connectivity index (χ0) is 13.8. The molecule has 0 aliphatic rings. The Hall–Kier alpha value is -2.24. The molecule has 0 aliphatic heterocycles. The summed E-state index contributed by atoms with van der Waals surface area (Å²) in [5.74, 6) is 2.10. The van der Waals surface area contributed by atoms with Crippen LogP contribution in [-0.4, -0.2) is 21.9 Å². The summed E-state index contributed by atoms with van der Waals surface area (Å²) in [5.41, 5.74) is 6.37. The molecular formula is C13H18N4O2. The van der Waals surface area contributed by atoms with Crippen molar-refractivity contribution in [2.45, 2.75) is 26.5 Å². The topological polar surface area (TPSA) is 75.2 Å². The molecule has 0 amide bonds. The van der Waals surface area contributed by atoms with E-state index in [0.29, 0.717) is 23.8 Å². The summed E-state index contributed by atoms with van der Waals surface area (Å²) in [4.78, 5) is 4.18. The Morgan fingerprint density at radius 3 is 2.79 bits per heavy atom. The van der Waals surface area contributed by atoms with Gasteiger partial charge in [-0.25, -0.2) is 9.67 Å². The molecule has 2 rings (SSSR count). The monoisotopic (exact) mass is 262 g/mol. The molecule has 0 unspecified atom stereocenters. The minimum absolute atomic E-state index is 0.252.